The van der Waals surface area contributed by atoms with Crippen LogP contribution in [0.5, 0.6) is 0 Å². The van der Waals surface area contributed by atoms with Crippen LogP contribution >= 0.6 is 0 Å². The summed E-state index contributed by atoms with van der Waals surface area (Å²) in [6.07, 6.45) is 1.55. The Morgan fingerprint density at radius 3 is 2.28 bits per heavy atom. The second kappa shape index (κ2) is 5.94. The van der Waals surface area contributed by atoms with Crippen LogP contribution < -0.4 is 0 Å². The standard InChI is InChI=1S/C21H20F3N/c1-14-2-8-19(12-14)25-11-10-17-13-16(5-9-20(17)25)15-3-6-18(7-4-15)21(22,23)24/h3-7,9-11,13-14,19H,2,8,12H2,1H3. The first kappa shape index (κ1) is 16.2. The SMILES string of the molecule is CC1CCC(n2ccc3cc(-c4ccc(C(F)(F)F)cc4)ccc32)C1. The van der Waals surface area contributed by atoms with Gasteiger partial charge in [-0.1, -0.05) is 25.1 Å². The van der Waals surface area contributed by atoms with Gasteiger partial charge in [-0.3, -0.25) is 0 Å². The number of benzene rings is 2. The van der Waals surface area contributed by atoms with Crippen molar-refractivity contribution >= 4 is 10.9 Å². The lowest BCUT2D eigenvalue weighted by atomic mass is 10.0. The van der Waals surface area contributed by atoms with E-state index in [0.29, 0.717) is 6.04 Å². The van der Waals surface area contributed by atoms with Crippen molar-refractivity contribution in [2.75, 3.05) is 0 Å². The largest absolute Gasteiger partial charge is 0.416 e. The van der Waals surface area contributed by atoms with E-state index in [-0.39, 0.29) is 0 Å². The van der Waals surface area contributed by atoms with Gasteiger partial charge in [-0.05, 0) is 66.6 Å². The number of hydrogen-bond donors (Lipinski definition) is 0. The zero-order valence-electron chi connectivity index (χ0n) is 14.1. The molecule has 130 valence electrons. The average Bonchev–Trinajstić information content (AvgIpc) is 3.19. The van der Waals surface area contributed by atoms with E-state index >= 15 is 0 Å². The molecule has 2 unspecified atom stereocenters. The maximum absolute atomic E-state index is 12.7. The number of halogens is 3. The van der Waals surface area contributed by atoms with E-state index in [0.717, 1.165) is 34.6 Å². The first-order chi connectivity index (χ1) is 11.9. The predicted octanol–water partition coefficient (Wildman–Crippen LogP) is 6.69. The fourth-order valence-corrected chi connectivity index (χ4v) is 3.94. The van der Waals surface area contributed by atoms with Crippen molar-refractivity contribution in [3.05, 3.63) is 60.3 Å². The van der Waals surface area contributed by atoms with Crippen molar-refractivity contribution in [2.24, 2.45) is 5.92 Å². The Morgan fingerprint density at radius 2 is 1.64 bits per heavy atom. The van der Waals surface area contributed by atoms with Crippen molar-refractivity contribution in [2.45, 2.75) is 38.4 Å². The number of hydrogen-bond acceptors (Lipinski definition) is 0. The van der Waals surface area contributed by atoms with E-state index in [4.69, 9.17) is 0 Å². The molecule has 0 aliphatic heterocycles. The monoisotopic (exact) mass is 343 g/mol. The van der Waals surface area contributed by atoms with Gasteiger partial charge in [-0.2, -0.15) is 13.2 Å². The molecule has 0 amide bonds. The second-order valence-corrected chi connectivity index (χ2v) is 7.14. The highest BCUT2D eigenvalue weighted by Gasteiger charge is 2.30. The van der Waals surface area contributed by atoms with Gasteiger partial charge in [0.05, 0.1) is 5.56 Å². The summed E-state index contributed by atoms with van der Waals surface area (Å²) < 4.78 is 40.5. The molecular formula is C21H20F3N. The molecule has 2 aromatic carbocycles. The molecule has 0 bridgehead atoms. The van der Waals surface area contributed by atoms with E-state index < -0.39 is 11.7 Å². The van der Waals surface area contributed by atoms with Gasteiger partial charge in [0.15, 0.2) is 0 Å². The molecule has 1 nitrogen and oxygen atoms in total. The smallest absolute Gasteiger partial charge is 0.344 e. The second-order valence-electron chi connectivity index (χ2n) is 7.14. The molecule has 3 aromatic rings. The summed E-state index contributed by atoms with van der Waals surface area (Å²) in [7, 11) is 0. The molecular weight excluding hydrogens is 323 g/mol. The van der Waals surface area contributed by atoms with Crippen molar-refractivity contribution < 1.29 is 13.2 Å². The topological polar surface area (TPSA) is 4.93 Å². The normalized spacial score (nSPS) is 21.1. The van der Waals surface area contributed by atoms with Gasteiger partial charge in [0.25, 0.3) is 0 Å². The highest BCUT2D eigenvalue weighted by Crippen LogP contribution is 2.37. The Kier molecular flexibility index (Phi) is 3.86. The van der Waals surface area contributed by atoms with Crippen LogP contribution in [0.15, 0.2) is 54.7 Å². The highest BCUT2D eigenvalue weighted by molar-refractivity contribution is 5.85. The van der Waals surface area contributed by atoms with E-state index in [1.807, 2.05) is 6.07 Å². The van der Waals surface area contributed by atoms with Gasteiger partial charge in [0.1, 0.15) is 0 Å². The van der Waals surface area contributed by atoms with Crippen LogP contribution in [0.2, 0.25) is 0 Å². The summed E-state index contributed by atoms with van der Waals surface area (Å²) in [5.41, 5.74) is 2.34. The Morgan fingerprint density at radius 1 is 0.920 bits per heavy atom. The molecule has 0 spiro atoms. The molecule has 0 radical (unpaired) electrons. The third-order valence-corrected chi connectivity index (χ3v) is 5.33. The van der Waals surface area contributed by atoms with E-state index in [1.54, 1.807) is 12.1 Å². The van der Waals surface area contributed by atoms with Crippen LogP contribution in [-0.2, 0) is 6.18 Å². The van der Waals surface area contributed by atoms with Crippen molar-refractivity contribution in [3.8, 4) is 11.1 Å². The van der Waals surface area contributed by atoms with Crippen LogP contribution in [0.3, 0.4) is 0 Å². The molecule has 0 saturated heterocycles. The highest BCUT2D eigenvalue weighted by atomic mass is 19.4. The van der Waals surface area contributed by atoms with Crippen molar-refractivity contribution in [1.29, 1.82) is 0 Å². The maximum Gasteiger partial charge on any atom is 0.416 e. The third kappa shape index (κ3) is 3.06. The summed E-state index contributed by atoms with van der Waals surface area (Å²) in [5.74, 6) is 0.772. The lowest BCUT2D eigenvalue weighted by Gasteiger charge is -2.14. The number of alkyl halides is 3. The van der Waals surface area contributed by atoms with Gasteiger partial charge in [0.2, 0.25) is 0 Å². The molecule has 1 fully saturated rings. The molecule has 25 heavy (non-hydrogen) atoms. The van der Waals surface area contributed by atoms with Gasteiger partial charge in [-0.25, -0.2) is 0 Å². The molecule has 1 aromatic heterocycles. The Balaban J connectivity index is 1.66. The van der Waals surface area contributed by atoms with Crippen molar-refractivity contribution in [3.63, 3.8) is 0 Å². The number of nitrogens with zero attached hydrogens (tertiary/aromatic N) is 1. The fraction of sp³-hybridized carbons (Fsp3) is 0.333. The lowest BCUT2D eigenvalue weighted by molar-refractivity contribution is -0.137. The number of rotatable bonds is 2. The zero-order chi connectivity index (χ0) is 17.6. The fourth-order valence-electron chi connectivity index (χ4n) is 3.94. The van der Waals surface area contributed by atoms with Crippen LogP contribution in [0.4, 0.5) is 13.2 Å². The average molecular weight is 343 g/mol. The molecule has 4 heteroatoms. The molecule has 2 atom stereocenters. The van der Waals surface area contributed by atoms with E-state index in [2.05, 4.69) is 35.9 Å². The third-order valence-electron chi connectivity index (χ3n) is 5.33. The van der Waals surface area contributed by atoms with Crippen molar-refractivity contribution in [1.82, 2.24) is 4.57 Å². The molecule has 1 aliphatic rings. The minimum atomic E-state index is -4.29. The molecule has 0 N–H and O–H groups in total. The number of fused-ring (bicyclic) bond motifs is 1. The number of aromatic nitrogens is 1. The summed E-state index contributed by atoms with van der Waals surface area (Å²) in [6.45, 7) is 2.30. The lowest BCUT2D eigenvalue weighted by Crippen LogP contribution is -2.04. The Bertz CT molecular complexity index is 890. The summed E-state index contributed by atoms with van der Waals surface area (Å²) in [6, 6.07) is 14.2. The van der Waals surface area contributed by atoms with Crippen LogP contribution in [-0.4, -0.2) is 4.57 Å². The molecule has 1 saturated carbocycles. The predicted molar refractivity (Wildman–Crippen MR) is 94.4 cm³/mol. The molecule has 1 aliphatic carbocycles. The molecule has 4 rings (SSSR count). The maximum atomic E-state index is 12.7. The summed E-state index contributed by atoms with van der Waals surface area (Å²) in [4.78, 5) is 0. The van der Waals surface area contributed by atoms with Gasteiger partial charge >= 0.3 is 6.18 Å². The Labute approximate surface area is 145 Å². The first-order valence-electron chi connectivity index (χ1n) is 8.70. The van der Waals surface area contributed by atoms with E-state index in [9.17, 15) is 13.2 Å². The minimum Gasteiger partial charge on any atom is -0.344 e. The first-order valence-corrected chi connectivity index (χ1v) is 8.70. The van der Waals surface area contributed by atoms with Crippen LogP contribution in [0, 0.1) is 5.92 Å². The summed E-state index contributed by atoms with van der Waals surface area (Å²) >= 11 is 0. The minimum absolute atomic E-state index is 0.560. The van der Waals surface area contributed by atoms with Crippen LogP contribution in [0.25, 0.3) is 22.0 Å². The van der Waals surface area contributed by atoms with E-state index in [1.165, 1.54) is 24.8 Å². The molecule has 1 heterocycles. The zero-order valence-corrected chi connectivity index (χ0v) is 14.1. The van der Waals surface area contributed by atoms with Crippen LogP contribution in [0.1, 0.15) is 37.8 Å². The quantitative estimate of drug-likeness (QED) is 0.488. The van der Waals surface area contributed by atoms with Gasteiger partial charge < -0.3 is 4.57 Å². The van der Waals surface area contributed by atoms with Gasteiger partial charge in [-0.15, -0.1) is 0 Å². The Hall–Kier alpha value is -2.23. The van der Waals surface area contributed by atoms with Gasteiger partial charge in [0, 0.05) is 23.1 Å². The summed E-state index contributed by atoms with van der Waals surface area (Å²) in [5, 5.41) is 1.14.